The number of rotatable bonds is 8. The minimum atomic E-state index is -0.688. The summed E-state index contributed by atoms with van der Waals surface area (Å²) in [6, 6.07) is 4.29. The average molecular weight is 476 g/mol. The zero-order valence-corrected chi connectivity index (χ0v) is 19.5. The summed E-state index contributed by atoms with van der Waals surface area (Å²) in [5.74, 6) is -1.95. The largest absolute Gasteiger partial charge is 0.462 e. The SMILES string of the molecule is CCOC(=O)c1sc(NC(=O)c2ccc(N3CCCC3)c([N+](=O)[O-])c2)c(C(=O)OCC)c1C. The fourth-order valence-corrected chi connectivity index (χ4v) is 4.74. The Morgan fingerprint density at radius 1 is 1.12 bits per heavy atom. The van der Waals surface area contributed by atoms with Crippen molar-refractivity contribution in [3.05, 3.63) is 49.9 Å². The van der Waals surface area contributed by atoms with Gasteiger partial charge >= 0.3 is 11.9 Å². The number of benzene rings is 1. The van der Waals surface area contributed by atoms with Crippen molar-refractivity contribution in [3.63, 3.8) is 0 Å². The average Bonchev–Trinajstić information content (AvgIpc) is 3.42. The number of carbonyl (C=O) groups is 3. The molecule has 1 aliphatic rings. The van der Waals surface area contributed by atoms with E-state index in [1.165, 1.54) is 12.1 Å². The van der Waals surface area contributed by atoms with Gasteiger partial charge in [-0.25, -0.2) is 9.59 Å². The highest BCUT2D eigenvalue weighted by molar-refractivity contribution is 7.18. The molecule has 0 unspecified atom stereocenters. The van der Waals surface area contributed by atoms with Gasteiger partial charge in [0.25, 0.3) is 11.6 Å². The number of nitrogens with zero attached hydrogens (tertiary/aromatic N) is 2. The Labute approximate surface area is 194 Å². The molecule has 1 saturated heterocycles. The van der Waals surface area contributed by atoms with Gasteiger partial charge in [-0.15, -0.1) is 11.3 Å². The van der Waals surface area contributed by atoms with Gasteiger partial charge in [0.05, 0.1) is 23.7 Å². The van der Waals surface area contributed by atoms with Gasteiger partial charge < -0.3 is 19.7 Å². The van der Waals surface area contributed by atoms with Crippen molar-refractivity contribution in [2.75, 3.05) is 36.5 Å². The molecule has 1 amide bonds. The standard InChI is InChI=1S/C22H25N3O7S/c1-4-31-21(27)17-13(3)18(22(28)32-5-2)33-20(17)23-19(26)14-8-9-15(16(12-14)25(29)30)24-10-6-7-11-24/h8-9,12H,4-7,10-11H2,1-3H3,(H,23,26). The second-order valence-corrected chi connectivity index (χ2v) is 8.33. The molecule has 1 aromatic carbocycles. The van der Waals surface area contributed by atoms with Crippen molar-refractivity contribution >= 4 is 45.6 Å². The highest BCUT2D eigenvalue weighted by atomic mass is 32.1. The van der Waals surface area contributed by atoms with Gasteiger partial charge in [0.15, 0.2) is 0 Å². The smallest absolute Gasteiger partial charge is 0.348 e. The molecule has 2 heterocycles. The van der Waals surface area contributed by atoms with E-state index in [1.807, 2.05) is 4.90 Å². The summed E-state index contributed by atoms with van der Waals surface area (Å²) < 4.78 is 10.1. The van der Waals surface area contributed by atoms with Crippen molar-refractivity contribution in [1.82, 2.24) is 0 Å². The molecule has 1 aliphatic heterocycles. The summed E-state index contributed by atoms with van der Waals surface area (Å²) >= 11 is 0.896. The number of nitro groups is 1. The molecule has 1 N–H and O–H groups in total. The summed E-state index contributed by atoms with van der Waals surface area (Å²) in [4.78, 5) is 51.0. The second kappa shape index (κ2) is 10.4. The normalized spacial score (nSPS) is 13.0. The molecule has 2 aromatic rings. The van der Waals surface area contributed by atoms with E-state index in [-0.39, 0.29) is 39.9 Å². The van der Waals surface area contributed by atoms with Crippen LogP contribution in [0.3, 0.4) is 0 Å². The Bertz CT molecular complexity index is 1090. The van der Waals surface area contributed by atoms with Crippen LogP contribution in [0.2, 0.25) is 0 Å². The minimum absolute atomic E-state index is 0.0569. The van der Waals surface area contributed by atoms with Gasteiger partial charge in [0.2, 0.25) is 0 Å². The van der Waals surface area contributed by atoms with Crippen LogP contribution in [0.5, 0.6) is 0 Å². The monoisotopic (exact) mass is 475 g/mol. The molecule has 0 bridgehead atoms. The van der Waals surface area contributed by atoms with E-state index in [2.05, 4.69) is 5.32 Å². The Morgan fingerprint density at radius 3 is 2.36 bits per heavy atom. The predicted molar refractivity (Wildman–Crippen MR) is 123 cm³/mol. The number of nitrogens with one attached hydrogen (secondary N) is 1. The van der Waals surface area contributed by atoms with E-state index < -0.39 is 22.8 Å². The van der Waals surface area contributed by atoms with E-state index in [0.717, 1.165) is 37.3 Å². The number of ether oxygens (including phenoxy) is 2. The predicted octanol–water partition coefficient (Wildman–Crippen LogP) is 4.17. The number of amides is 1. The van der Waals surface area contributed by atoms with Crippen LogP contribution in [0.25, 0.3) is 0 Å². The molecule has 11 heteroatoms. The van der Waals surface area contributed by atoms with Crippen LogP contribution in [-0.2, 0) is 9.47 Å². The lowest BCUT2D eigenvalue weighted by atomic mass is 10.1. The first-order chi connectivity index (χ1) is 15.8. The maximum Gasteiger partial charge on any atom is 0.348 e. The Kier molecular flexibility index (Phi) is 7.64. The van der Waals surface area contributed by atoms with E-state index in [0.29, 0.717) is 11.3 Å². The molecule has 1 fully saturated rings. The van der Waals surface area contributed by atoms with Crippen LogP contribution < -0.4 is 10.2 Å². The number of nitro benzene ring substituents is 1. The van der Waals surface area contributed by atoms with Gasteiger partial charge in [-0.1, -0.05) is 0 Å². The van der Waals surface area contributed by atoms with Crippen molar-refractivity contribution in [1.29, 1.82) is 0 Å². The summed E-state index contributed by atoms with van der Waals surface area (Å²) in [6.45, 7) is 6.58. The van der Waals surface area contributed by atoms with Gasteiger partial charge in [-0.3, -0.25) is 14.9 Å². The highest BCUT2D eigenvalue weighted by Crippen LogP contribution is 2.36. The van der Waals surface area contributed by atoms with Crippen LogP contribution in [0.15, 0.2) is 18.2 Å². The van der Waals surface area contributed by atoms with Gasteiger partial charge in [-0.05, 0) is 51.3 Å². The summed E-state index contributed by atoms with van der Waals surface area (Å²) in [5, 5.41) is 14.4. The third kappa shape index (κ3) is 5.14. The Balaban J connectivity index is 1.95. The fourth-order valence-electron chi connectivity index (χ4n) is 3.65. The minimum Gasteiger partial charge on any atom is -0.462 e. The number of esters is 2. The highest BCUT2D eigenvalue weighted by Gasteiger charge is 2.29. The summed E-state index contributed by atoms with van der Waals surface area (Å²) in [5.41, 5.74) is 0.759. The molecular weight excluding hydrogens is 450 g/mol. The first-order valence-electron chi connectivity index (χ1n) is 10.6. The molecule has 10 nitrogen and oxygen atoms in total. The second-order valence-electron chi connectivity index (χ2n) is 7.31. The molecule has 176 valence electrons. The van der Waals surface area contributed by atoms with Crippen molar-refractivity contribution in [3.8, 4) is 0 Å². The lowest BCUT2D eigenvalue weighted by Crippen LogP contribution is -2.20. The molecular formula is C22H25N3O7S. The van der Waals surface area contributed by atoms with Crippen molar-refractivity contribution < 1.29 is 28.8 Å². The van der Waals surface area contributed by atoms with Crippen LogP contribution in [0.1, 0.15) is 62.6 Å². The third-order valence-corrected chi connectivity index (χ3v) is 6.38. The number of hydrogen-bond donors (Lipinski definition) is 1. The topological polar surface area (TPSA) is 128 Å². The van der Waals surface area contributed by atoms with Crippen molar-refractivity contribution in [2.45, 2.75) is 33.6 Å². The first-order valence-corrected chi connectivity index (χ1v) is 11.4. The van der Waals surface area contributed by atoms with E-state index in [1.54, 1.807) is 26.8 Å². The van der Waals surface area contributed by atoms with Gasteiger partial charge in [0, 0.05) is 24.7 Å². The number of anilines is 2. The van der Waals surface area contributed by atoms with E-state index in [9.17, 15) is 24.5 Å². The molecule has 0 saturated carbocycles. The van der Waals surface area contributed by atoms with E-state index >= 15 is 0 Å². The van der Waals surface area contributed by atoms with E-state index in [4.69, 9.17) is 9.47 Å². The zero-order chi connectivity index (χ0) is 24.1. The molecule has 0 radical (unpaired) electrons. The zero-order valence-electron chi connectivity index (χ0n) is 18.6. The maximum atomic E-state index is 13.0. The molecule has 1 aromatic heterocycles. The van der Waals surface area contributed by atoms with Crippen molar-refractivity contribution in [2.24, 2.45) is 0 Å². The number of carbonyl (C=O) groups excluding carboxylic acids is 3. The van der Waals surface area contributed by atoms with Crippen LogP contribution >= 0.6 is 11.3 Å². The maximum absolute atomic E-state index is 13.0. The lowest BCUT2D eigenvalue weighted by Gasteiger charge is -2.17. The molecule has 33 heavy (non-hydrogen) atoms. The molecule has 0 atom stereocenters. The van der Waals surface area contributed by atoms with Gasteiger partial charge in [-0.2, -0.15) is 0 Å². The summed E-state index contributed by atoms with van der Waals surface area (Å²) in [6.07, 6.45) is 1.91. The van der Waals surface area contributed by atoms with Crippen LogP contribution in [0, 0.1) is 17.0 Å². The summed E-state index contributed by atoms with van der Waals surface area (Å²) in [7, 11) is 0. The quantitative estimate of drug-likeness (QED) is 0.342. The first kappa shape index (κ1) is 24.2. The molecule has 3 rings (SSSR count). The van der Waals surface area contributed by atoms with Crippen LogP contribution in [-0.4, -0.2) is 49.1 Å². The Hall–Kier alpha value is -3.47. The fraction of sp³-hybridized carbons (Fsp3) is 0.409. The number of thiophene rings is 1. The third-order valence-electron chi connectivity index (χ3n) is 5.20. The van der Waals surface area contributed by atoms with Crippen LogP contribution in [0.4, 0.5) is 16.4 Å². The Morgan fingerprint density at radius 2 is 1.76 bits per heavy atom. The molecule has 0 aliphatic carbocycles. The molecule has 0 spiro atoms. The lowest BCUT2D eigenvalue weighted by molar-refractivity contribution is -0.384. The number of hydrogen-bond acceptors (Lipinski definition) is 9. The van der Waals surface area contributed by atoms with Gasteiger partial charge in [0.1, 0.15) is 15.6 Å².